The number of carbonyl (C=O) groups is 2. The third-order valence-corrected chi connectivity index (χ3v) is 8.04. The van der Waals surface area contributed by atoms with Gasteiger partial charge in [0.2, 0.25) is 5.91 Å². The van der Waals surface area contributed by atoms with Crippen LogP contribution in [0.3, 0.4) is 0 Å². The predicted molar refractivity (Wildman–Crippen MR) is 148 cm³/mol. The van der Waals surface area contributed by atoms with E-state index < -0.39 is 0 Å². The minimum atomic E-state index is -0.279. The second kappa shape index (κ2) is 12.7. The second-order valence-corrected chi connectivity index (χ2v) is 11.1. The maximum Gasteiger partial charge on any atom is 0.319 e. The molecule has 0 aromatic heterocycles. The van der Waals surface area contributed by atoms with Crippen molar-refractivity contribution in [3.63, 3.8) is 0 Å². The van der Waals surface area contributed by atoms with E-state index in [-0.39, 0.29) is 29.8 Å². The molecule has 194 valence electrons. The van der Waals surface area contributed by atoms with Crippen LogP contribution < -0.4 is 16.0 Å². The number of rotatable bonds is 10. The van der Waals surface area contributed by atoms with Crippen LogP contribution in [0.2, 0.25) is 20.1 Å². The molecule has 1 heterocycles. The topological polar surface area (TPSA) is 73.5 Å². The maximum absolute atomic E-state index is 12.4. The number of unbranched alkanes of at least 4 members (excludes halogenated alkanes) is 2. The average Bonchev–Trinajstić information content (AvgIpc) is 3.53. The van der Waals surface area contributed by atoms with E-state index in [1.165, 1.54) is 0 Å². The summed E-state index contributed by atoms with van der Waals surface area (Å²) in [5, 5.41) is 10.9. The van der Waals surface area contributed by atoms with Crippen molar-refractivity contribution in [3.05, 3.63) is 62.1 Å². The fourth-order valence-corrected chi connectivity index (χ4v) is 5.31. The van der Waals surface area contributed by atoms with Gasteiger partial charge in [0.1, 0.15) is 0 Å². The van der Waals surface area contributed by atoms with E-state index in [0.717, 1.165) is 57.3 Å². The zero-order chi connectivity index (χ0) is 25.7. The van der Waals surface area contributed by atoms with E-state index in [9.17, 15) is 9.59 Å². The Labute approximate surface area is 232 Å². The van der Waals surface area contributed by atoms with Crippen LogP contribution in [0, 0.1) is 5.92 Å². The largest absolute Gasteiger partial charge is 0.356 e. The smallest absolute Gasteiger partial charge is 0.319 e. The highest BCUT2D eigenvalue weighted by Gasteiger charge is 2.43. The first-order valence-electron chi connectivity index (χ1n) is 12.3. The van der Waals surface area contributed by atoms with Crippen molar-refractivity contribution in [2.45, 2.75) is 44.1 Å². The van der Waals surface area contributed by atoms with E-state index in [1.54, 1.807) is 24.3 Å². The van der Waals surface area contributed by atoms with E-state index in [0.29, 0.717) is 32.3 Å². The number of nitrogens with one attached hydrogen (secondary N) is 3. The van der Waals surface area contributed by atoms with Crippen LogP contribution >= 0.6 is 46.4 Å². The summed E-state index contributed by atoms with van der Waals surface area (Å²) in [4.78, 5) is 27.1. The predicted octanol–water partition coefficient (Wildman–Crippen LogP) is 6.59. The van der Waals surface area contributed by atoms with Gasteiger partial charge in [0, 0.05) is 36.6 Å². The first kappa shape index (κ1) is 27.3. The number of hydrogen-bond donors (Lipinski definition) is 3. The van der Waals surface area contributed by atoms with Crippen LogP contribution in [0.1, 0.15) is 43.6 Å². The SMILES string of the molecule is O=C(Nc1cc(Cl)ccc1Cl)N[C@H]1CCN(CCCCCNC(=O)C2CC2c2ccc(Cl)c(Cl)c2)C1. The highest BCUT2D eigenvalue weighted by atomic mass is 35.5. The van der Waals surface area contributed by atoms with Gasteiger partial charge in [-0.1, -0.05) is 58.9 Å². The molecule has 2 aromatic carbocycles. The average molecular weight is 572 g/mol. The fraction of sp³-hybridized carbons (Fsp3) is 0.462. The summed E-state index contributed by atoms with van der Waals surface area (Å²) in [6, 6.07) is 10.4. The van der Waals surface area contributed by atoms with Gasteiger partial charge in [0.05, 0.1) is 20.8 Å². The molecule has 4 rings (SSSR count). The van der Waals surface area contributed by atoms with Crippen LogP contribution in [-0.2, 0) is 4.79 Å². The Hall–Kier alpha value is -1.70. The fourth-order valence-electron chi connectivity index (χ4n) is 4.67. The molecule has 1 aliphatic carbocycles. The summed E-state index contributed by atoms with van der Waals surface area (Å²) in [6.45, 7) is 3.46. The summed E-state index contributed by atoms with van der Waals surface area (Å²) in [7, 11) is 0. The molecule has 2 unspecified atom stereocenters. The molecule has 10 heteroatoms. The molecule has 3 atom stereocenters. The minimum absolute atomic E-state index is 0.0309. The van der Waals surface area contributed by atoms with E-state index in [1.807, 2.05) is 12.1 Å². The molecular weight excluding hydrogens is 542 g/mol. The van der Waals surface area contributed by atoms with E-state index in [2.05, 4.69) is 20.9 Å². The number of anilines is 1. The molecule has 3 amide bonds. The Morgan fingerprint density at radius 2 is 1.75 bits per heavy atom. The van der Waals surface area contributed by atoms with Crippen LogP contribution in [0.15, 0.2) is 36.4 Å². The van der Waals surface area contributed by atoms with Crippen molar-refractivity contribution in [2.24, 2.45) is 5.92 Å². The van der Waals surface area contributed by atoms with Gasteiger partial charge < -0.3 is 20.9 Å². The van der Waals surface area contributed by atoms with Crippen molar-refractivity contribution in [3.8, 4) is 0 Å². The number of hydrogen-bond acceptors (Lipinski definition) is 3. The standard InChI is InChI=1S/C26H30Cl4N4O2/c27-17-5-7-22(29)24(13-17)33-26(36)32-18-8-11-34(15-18)10-3-1-2-9-31-25(35)20-14-19(20)16-4-6-21(28)23(30)12-16/h4-7,12-13,18-20H,1-3,8-11,14-15H2,(H,31,35)(H2,32,33,36)/t18-,19?,20?/m0/s1. The van der Waals surface area contributed by atoms with Gasteiger partial charge in [-0.2, -0.15) is 0 Å². The number of halogens is 4. The molecule has 1 aliphatic heterocycles. The molecule has 1 saturated heterocycles. The summed E-state index contributed by atoms with van der Waals surface area (Å²) in [5.74, 6) is 0.390. The van der Waals surface area contributed by atoms with Gasteiger partial charge >= 0.3 is 6.03 Å². The number of nitrogens with zero attached hydrogens (tertiary/aromatic N) is 1. The third kappa shape index (κ3) is 7.65. The van der Waals surface area contributed by atoms with Crippen molar-refractivity contribution in [1.29, 1.82) is 0 Å². The van der Waals surface area contributed by atoms with Gasteiger partial charge in [-0.15, -0.1) is 0 Å². The normalized spacial score (nSPS) is 21.3. The minimum Gasteiger partial charge on any atom is -0.356 e. The highest BCUT2D eigenvalue weighted by molar-refractivity contribution is 6.42. The Morgan fingerprint density at radius 3 is 2.56 bits per heavy atom. The third-order valence-electron chi connectivity index (χ3n) is 6.73. The molecule has 2 aromatic rings. The molecule has 2 fully saturated rings. The zero-order valence-electron chi connectivity index (χ0n) is 19.8. The molecule has 1 saturated carbocycles. The van der Waals surface area contributed by atoms with Crippen LogP contribution in [0.5, 0.6) is 0 Å². The number of carbonyl (C=O) groups excluding carboxylic acids is 2. The Bertz CT molecular complexity index is 1100. The second-order valence-electron chi connectivity index (χ2n) is 9.48. The Kier molecular flexibility index (Phi) is 9.65. The monoisotopic (exact) mass is 570 g/mol. The number of amides is 3. The van der Waals surface area contributed by atoms with E-state index in [4.69, 9.17) is 46.4 Å². The molecule has 36 heavy (non-hydrogen) atoms. The molecule has 2 aliphatic rings. The number of likely N-dealkylation sites (tertiary alicyclic amines) is 1. The van der Waals surface area contributed by atoms with Gasteiger partial charge in [-0.3, -0.25) is 4.79 Å². The molecule has 0 radical (unpaired) electrons. The summed E-state index contributed by atoms with van der Waals surface area (Å²) in [6.07, 6.45) is 4.83. The summed E-state index contributed by atoms with van der Waals surface area (Å²) in [5.41, 5.74) is 1.57. The first-order chi connectivity index (χ1) is 17.3. The maximum atomic E-state index is 12.4. The lowest BCUT2D eigenvalue weighted by Crippen LogP contribution is -2.39. The summed E-state index contributed by atoms with van der Waals surface area (Å²) >= 11 is 24.2. The lowest BCUT2D eigenvalue weighted by Gasteiger charge is -2.17. The van der Waals surface area contributed by atoms with Gasteiger partial charge in [0.25, 0.3) is 0 Å². The van der Waals surface area contributed by atoms with Crippen LogP contribution in [0.25, 0.3) is 0 Å². The van der Waals surface area contributed by atoms with Crippen molar-refractivity contribution >= 4 is 64.0 Å². The van der Waals surface area contributed by atoms with Crippen molar-refractivity contribution in [1.82, 2.24) is 15.5 Å². The van der Waals surface area contributed by atoms with Crippen LogP contribution in [-0.4, -0.2) is 49.1 Å². The zero-order valence-corrected chi connectivity index (χ0v) is 22.9. The van der Waals surface area contributed by atoms with Crippen LogP contribution in [0.4, 0.5) is 10.5 Å². The van der Waals surface area contributed by atoms with Crippen molar-refractivity contribution in [2.75, 3.05) is 31.5 Å². The van der Waals surface area contributed by atoms with Crippen molar-refractivity contribution < 1.29 is 9.59 Å². The number of benzene rings is 2. The molecule has 6 nitrogen and oxygen atoms in total. The molecule has 0 bridgehead atoms. The Balaban J connectivity index is 1.06. The summed E-state index contributed by atoms with van der Waals surface area (Å²) < 4.78 is 0. The number of urea groups is 1. The molecule has 0 spiro atoms. The van der Waals surface area contributed by atoms with Gasteiger partial charge in [0.15, 0.2) is 0 Å². The lowest BCUT2D eigenvalue weighted by molar-refractivity contribution is -0.122. The Morgan fingerprint density at radius 1 is 0.944 bits per heavy atom. The van der Waals surface area contributed by atoms with E-state index >= 15 is 0 Å². The van der Waals surface area contributed by atoms with Gasteiger partial charge in [-0.05, 0) is 74.0 Å². The first-order valence-corrected chi connectivity index (χ1v) is 13.8. The highest BCUT2D eigenvalue weighted by Crippen LogP contribution is 2.48. The molecular formula is C26H30Cl4N4O2. The lowest BCUT2D eigenvalue weighted by atomic mass is 10.1. The molecule has 3 N–H and O–H groups in total. The van der Waals surface area contributed by atoms with Gasteiger partial charge in [-0.25, -0.2) is 4.79 Å². The quantitative estimate of drug-likeness (QED) is 0.282.